The number of benzene rings is 1. The highest BCUT2D eigenvalue weighted by atomic mass is 16.5. The van der Waals surface area contributed by atoms with Crippen molar-refractivity contribution in [2.75, 3.05) is 17.2 Å². The Bertz CT molecular complexity index is 749. The van der Waals surface area contributed by atoms with Gasteiger partial charge < -0.3 is 19.9 Å². The van der Waals surface area contributed by atoms with Crippen molar-refractivity contribution in [1.82, 2.24) is 9.55 Å². The highest BCUT2D eigenvalue weighted by Gasteiger charge is 2.23. The van der Waals surface area contributed by atoms with E-state index in [1.807, 2.05) is 0 Å². The van der Waals surface area contributed by atoms with E-state index in [2.05, 4.69) is 15.6 Å². The summed E-state index contributed by atoms with van der Waals surface area (Å²) in [7, 11) is 1.67. The van der Waals surface area contributed by atoms with Crippen molar-refractivity contribution in [2.24, 2.45) is 7.05 Å². The predicted molar refractivity (Wildman–Crippen MR) is 86.8 cm³/mol. The van der Waals surface area contributed by atoms with E-state index in [-0.39, 0.29) is 23.4 Å². The molecule has 0 spiro atoms. The lowest BCUT2D eigenvalue weighted by Gasteiger charge is -2.11. The number of amides is 1. The van der Waals surface area contributed by atoms with E-state index in [4.69, 9.17) is 4.74 Å². The van der Waals surface area contributed by atoms with Gasteiger partial charge in [-0.25, -0.2) is 4.98 Å². The van der Waals surface area contributed by atoms with Crippen molar-refractivity contribution >= 4 is 23.1 Å². The van der Waals surface area contributed by atoms with E-state index in [1.165, 1.54) is 4.57 Å². The quantitative estimate of drug-likeness (QED) is 0.896. The lowest BCUT2D eigenvalue weighted by Crippen LogP contribution is -2.26. The largest absolute Gasteiger partial charge is 0.368 e. The molecule has 7 nitrogen and oxygen atoms in total. The zero-order valence-electron chi connectivity index (χ0n) is 12.8. The molecule has 2 aromatic rings. The summed E-state index contributed by atoms with van der Waals surface area (Å²) in [4.78, 5) is 27.9. The van der Waals surface area contributed by atoms with Crippen LogP contribution in [0.25, 0.3) is 0 Å². The van der Waals surface area contributed by atoms with Crippen LogP contribution >= 0.6 is 0 Å². The summed E-state index contributed by atoms with van der Waals surface area (Å²) < 4.78 is 6.79. The second kappa shape index (κ2) is 6.62. The molecular weight excluding hydrogens is 296 g/mol. The van der Waals surface area contributed by atoms with Gasteiger partial charge in [-0.05, 0) is 37.1 Å². The standard InChI is InChI=1S/C16H18N4O3/c1-20-9-8-17-14(16(20)22)18-11-4-6-12(7-5-11)19-15(21)13-3-2-10-23-13/h4-9,13H,2-3,10H2,1H3,(H,17,18)(H,19,21). The first kappa shape index (κ1) is 15.2. The summed E-state index contributed by atoms with van der Waals surface area (Å²) in [5, 5.41) is 5.79. The summed E-state index contributed by atoms with van der Waals surface area (Å²) in [6.45, 7) is 0.639. The second-order valence-corrected chi connectivity index (χ2v) is 5.39. The van der Waals surface area contributed by atoms with E-state index in [0.717, 1.165) is 18.5 Å². The molecule has 0 bridgehead atoms. The third-order valence-electron chi connectivity index (χ3n) is 3.65. The minimum absolute atomic E-state index is 0.123. The van der Waals surface area contributed by atoms with E-state index in [0.29, 0.717) is 12.3 Å². The molecule has 7 heteroatoms. The third kappa shape index (κ3) is 3.57. The molecule has 0 radical (unpaired) electrons. The van der Waals surface area contributed by atoms with Crippen molar-refractivity contribution in [3.05, 3.63) is 47.0 Å². The Morgan fingerprint density at radius 2 is 2.04 bits per heavy atom. The minimum atomic E-state index is -0.357. The number of ether oxygens (including phenoxy) is 1. The maximum atomic E-state index is 12.0. The van der Waals surface area contributed by atoms with Crippen LogP contribution < -0.4 is 16.2 Å². The van der Waals surface area contributed by atoms with Crippen LogP contribution in [0.3, 0.4) is 0 Å². The fraction of sp³-hybridized carbons (Fsp3) is 0.312. The number of nitrogens with one attached hydrogen (secondary N) is 2. The van der Waals surface area contributed by atoms with Gasteiger partial charge in [-0.3, -0.25) is 9.59 Å². The van der Waals surface area contributed by atoms with Gasteiger partial charge in [-0.2, -0.15) is 0 Å². The molecule has 1 atom stereocenters. The van der Waals surface area contributed by atoms with E-state index < -0.39 is 0 Å². The van der Waals surface area contributed by atoms with Gasteiger partial charge in [0.05, 0.1) is 0 Å². The monoisotopic (exact) mass is 314 g/mol. The number of aryl methyl sites for hydroxylation is 1. The van der Waals surface area contributed by atoms with Crippen molar-refractivity contribution in [3.8, 4) is 0 Å². The summed E-state index contributed by atoms with van der Waals surface area (Å²) in [5.41, 5.74) is 1.20. The van der Waals surface area contributed by atoms with Gasteiger partial charge in [0.15, 0.2) is 5.82 Å². The maximum Gasteiger partial charge on any atom is 0.293 e. The zero-order chi connectivity index (χ0) is 16.2. The predicted octanol–water partition coefficient (Wildman–Crippen LogP) is 1.64. The minimum Gasteiger partial charge on any atom is -0.368 e. The molecule has 1 aliphatic rings. The van der Waals surface area contributed by atoms with Gasteiger partial charge >= 0.3 is 0 Å². The summed E-state index contributed by atoms with van der Waals surface area (Å²) in [6, 6.07) is 7.09. The van der Waals surface area contributed by atoms with Gasteiger partial charge in [0.1, 0.15) is 6.10 Å². The first-order valence-electron chi connectivity index (χ1n) is 7.45. The smallest absolute Gasteiger partial charge is 0.293 e. The number of carbonyl (C=O) groups is 1. The molecule has 120 valence electrons. The number of anilines is 3. The Morgan fingerprint density at radius 1 is 1.30 bits per heavy atom. The number of aromatic nitrogens is 2. The van der Waals surface area contributed by atoms with Crippen LogP contribution in [0.5, 0.6) is 0 Å². The molecule has 0 saturated carbocycles. The Balaban J connectivity index is 1.66. The molecule has 2 N–H and O–H groups in total. The Kier molecular flexibility index (Phi) is 4.38. The number of carbonyl (C=O) groups excluding carboxylic acids is 1. The highest BCUT2D eigenvalue weighted by molar-refractivity contribution is 5.94. The fourth-order valence-corrected chi connectivity index (χ4v) is 2.36. The van der Waals surface area contributed by atoms with Crippen molar-refractivity contribution < 1.29 is 9.53 Å². The van der Waals surface area contributed by atoms with E-state index >= 15 is 0 Å². The maximum absolute atomic E-state index is 12.0. The molecule has 1 saturated heterocycles. The molecule has 1 unspecified atom stereocenters. The number of nitrogens with zero attached hydrogens (tertiary/aromatic N) is 2. The SMILES string of the molecule is Cn1ccnc(Nc2ccc(NC(=O)C3CCCO3)cc2)c1=O. The average Bonchev–Trinajstić information content (AvgIpc) is 3.08. The van der Waals surface area contributed by atoms with Gasteiger partial charge in [0, 0.05) is 37.4 Å². The van der Waals surface area contributed by atoms with Crippen molar-refractivity contribution in [1.29, 1.82) is 0 Å². The van der Waals surface area contributed by atoms with Gasteiger partial charge in [-0.15, -0.1) is 0 Å². The summed E-state index contributed by atoms with van der Waals surface area (Å²) in [5.74, 6) is 0.132. The van der Waals surface area contributed by atoms with Crippen molar-refractivity contribution in [3.63, 3.8) is 0 Å². The topological polar surface area (TPSA) is 85.2 Å². The van der Waals surface area contributed by atoms with Crippen LogP contribution in [0.15, 0.2) is 41.5 Å². The molecule has 1 fully saturated rings. The van der Waals surface area contributed by atoms with E-state index in [9.17, 15) is 9.59 Å². The Labute approximate surface area is 133 Å². The van der Waals surface area contributed by atoms with E-state index in [1.54, 1.807) is 43.7 Å². The molecule has 23 heavy (non-hydrogen) atoms. The van der Waals surface area contributed by atoms with Crippen LogP contribution in [-0.2, 0) is 16.6 Å². The highest BCUT2D eigenvalue weighted by Crippen LogP contribution is 2.18. The normalized spacial score (nSPS) is 17.0. The lowest BCUT2D eigenvalue weighted by molar-refractivity contribution is -0.124. The van der Waals surface area contributed by atoms with Crippen LogP contribution in [-0.4, -0.2) is 28.2 Å². The first-order chi connectivity index (χ1) is 11.1. The molecule has 1 aliphatic heterocycles. The number of hydrogen-bond acceptors (Lipinski definition) is 5. The van der Waals surface area contributed by atoms with Crippen LogP contribution in [0.1, 0.15) is 12.8 Å². The van der Waals surface area contributed by atoms with Crippen molar-refractivity contribution in [2.45, 2.75) is 18.9 Å². The second-order valence-electron chi connectivity index (χ2n) is 5.39. The lowest BCUT2D eigenvalue weighted by atomic mass is 10.2. The summed E-state index contributed by atoms with van der Waals surface area (Å²) in [6.07, 6.45) is 4.47. The van der Waals surface area contributed by atoms with Crippen LogP contribution in [0, 0.1) is 0 Å². The molecule has 0 aliphatic carbocycles. The first-order valence-corrected chi connectivity index (χ1v) is 7.45. The number of hydrogen-bond donors (Lipinski definition) is 2. The average molecular weight is 314 g/mol. The molecule has 1 amide bonds. The molecular formula is C16H18N4O3. The Morgan fingerprint density at radius 3 is 2.74 bits per heavy atom. The number of rotatable bonds is 4. The fourth-order valence-electron chi connectivity index (χ4n) is 2.36. The molecule has 2 heterocycles. The van der Waals surface area contributed by atoms with Gasteiger partial charge in [-0.1, -0.05) is 0 Å². The molecule has 1 aromatic heterocycles. The third-order valence-corrected chi connectivity index (χ3v) is 3.65. The zero-order valence-corrected chi connectivity index (χ0v) is 12.8. The molecule has 1 aromatic carbocycles. The van der Waals surface area contributed by atoms with Gasteiger partial charge in [0.25, 0.3) is 11.5 Å². The van der Waals surface area contributed by atoms with Crippen LogP contribution in [0.2, 0.25) is 0 Å². The Hall–Kier alpha value is -2.67. The molecule has 3 rings (SSSR count). The van der Waals surface area contributed by atoms with Crippen LogP contribution in [0.4, 0.5) is 17.2 Å². The summed E-state index contributed by atoms with van der Waals surface area (Å²) >= 11 is 0. The van der Waals surface area contributed by atoms with Gasteiger partial charge in [0.2, 0.25) is 0 Å².